The maximum Gasteiger partial charge on any atom is 0.412 e. The molecular weight excluding hydrogens is 360 g/mol. The number of ether oxygens (including phenoxy) is 1. The lowest BCUT2D eigenvalue weighted by molar-refractivity contribution is 0.100. The highest BCUT2D eigenvalue weighted by Crippen LogP contribution is 2.25. The van der Waals surface area contributed by atoms with Crippen LogP contribution in [0.2, 0.25) is 5.02 Å². The molecule has 3 aromatic rings. The predicted molar refractivity (Wildman–Crippen MR) is 111 cm³/mol. The van der Waals surface area contributed by atoms with Crippen LogP contribution in [0.1, 0.15) is 18.1 Å². The van der Waals surface area contributed by atoms with E-state index in [1.165, 1.54) is 0 Å². The van der Waals surface area contributed by atoms with Crippen LogP contribution in [0.15, 0.2) is 66.7 Å². The molecule has 4 nitrogen and oxygen atoms in total. The SMILES string of the molecule is CN(C)CCC(OC(=O)Nc1ccc2ccccc2c1)c1ccc(Cl)cc1. The number of carbonyl (C=O) groups is 1. The summed E-state index contributed by atoms with van der Waals surface area (Å²) in [5, 5.41) is 5.68. The number of hydrogen-bond acceptors (Lipinski definition) is 3. The molecule has 0 saturated heterocycles. The highest BCUT2D eigenvalue weighted by molar-refractivity contribution is 6.30. The predicted octanol–water partition coefficient (Wildman–Crippen LogP) is 5.73. The summed E-state index contributed by atoms with van der Waals surface area (Å²) in [5.74, 6) is 0. The van der Waals surface area contributed by atoms with E-state index in [2.05, 4.69) is 10.2 Å². The smallest absolute Gasteiger partial charge is 0.412 e. The molecule has 0 spiro atoms. The van der Waals surface area contributed by atoms with Crippen molar-refractivity contribution in [3.8, 4) is 0 Å². The molecule has 0 saturated carbocycles. The van der Waals surface area contributed by atoms with Crippen molar-refractivity contribution in [2.75, 3.05) is 26.0 Å². The average molecular weight is 383 g/mol. The Labute approximate surface area is 164 Å². The summed E-state index contributed by atoms with van der Waals surface area (Å²) in [5.41, 5.74) is 1.64. The second kappa shape index (κ2) is 8.89. The molecule has 0 heterocycles. The summed E-state index contributed by atoms with van der Waals surface area (Å²) in [6.45, 7) is 0.802. The van der Waals surface area contributed by atoms with Gasteiger partial charge in [0.25, 0.3) is 0 Å². The first-order valence-electron chi connectivity index (χ1n) is 8.88. The van der Waals surface area contributed by atoms with E-state index in [9.17, 15) is 4.79 Å². The fourth-order valence-corrected chi connectivity index (χ4v) is 3.02. The summed E-state index contributed by atoms with van der Waals surface area (Å²) >= 11 is 5.98. The van der Waals surface area contributed by atoms with E-state index >= 15 is 0 Å². The van der Waals surface area contributed by atoms with Crippen LogP contribution in [0.25, 0.3) is 10.8 Å². The van der Waals surface area contributed by atoms with Crippen molar-refractivity contribution in [3.05, 3.63) is 77.3 Å². The Morgan fingerprint density at radius 3 is 2.44 bits per heavy atom. The van der Waals surface area contributed by atoms with E-state index in [4.69, 9.17) is 16.3 Å². The molecule has 0 radical (unpaired) electrons. The topological polar surface area (TPSA) is 41.6 Å². The number of amides is 1. The first-order chi connectivity index (χ1) is 13.0. The molecule has 0 aliphatic carbocycles. The molecule has 0 aliphatic rings. The van der Waals surface area contributed by atoms with Crippen LogP contribution >= 0.6 is 11.6 Å². The van der Waals surface area contributed by atoms with Gasteiger partial charge in [0.15, 0.2) is 0 Å². The van der Waals surface area contributed by atoms with Crippen LogP contribution in [0.3, 0.4) is 0 Å². The van der Waals surface area contributed by atoms with E-state index < -0.39 is 6.09 Å². The normalized spacial score (nSPS) is 12.1. The Morgan fingerprint density at radius 1 is 1.04 bits per heavy atom. The van der Waals surface area contributed by atoms with Gasteiger partial charge in [0, 0.05) is 23.7 Å². The molecule has 140 valence electrons. The van der Waals surface area contributed by atoms with Gasteiger partial charge in [-0.15, -0.1) is 0 Å². The van der Waals surface area contributed by atoms with Crippen molar-refractivity contribution >= 4 is 34.2 Å². The van der Waals surface area contributed by atoms with E-state index in [1.807, 2.05) is 80.8 Å². The summed E-state index contributed by atoms with van der Waals surface area (Å²) in [4.78, 5) is 14.5. The van der Waals surface area contributed by atoms with Crippen LogP contribution in [0.5, 0.6) is 0 Å². The van der Waals surface area contributed by atoms with Gasteiger partial charge in [-0.3, -0.25) is 5.32 Å². The first-order valence-corrected chi connectivity index (χ1v) is 9.26. The highest BCUT2D eigenvalue weighted by atomic mass is 35.5. The second-order valence-corrected chi connectivity index (χ2v) is 7.16. The monoisotopic (exact) mass is 382 g/mol. The molecule has 0 aliphatic heterocycles. The zero-order valence-corrected chi connectivity index (χ0v) is 16.2. The Morgan fingerprint density at radius 2 is 1.74 bits per heavy atom. The second-order valence-electron chi connectivity index (χ2n) is 6.72. The number of benzene rings is 3. The average Bonchev–Trinajstić information content (AvgIpc) is 2.65. The third-order valence-corrected chi connectivity index (χ3v) is 4.58. The first kappa shape index (κ1) is 19.2. The zero-order valence-electron chi connectivity index (χ0n) is 15.5. The van der Waals surface area contributed by atoms with Crippen molar-refractivity contribution in [2.24, 2.45) is 0 Å². The molecule has 5 heteroatoms. The Bertz CT molecular complexity index is 910. The van der Waals surface area contributed by atoms with Crippen molar-refractivity contribution < 1.29 is 9.53 Å². The van der Waals surface area contributed by atoms with Gasteiger partial charge in [-0.25, -0.2) is 4.79 Å². The fourth-order valence-electron chi connectivity index (χ4n) is 2.89. The van der Waals surface area contributed by atoms with Gasteiger partial charge in [0.05, 0.1) is 0 Å². The molecule has 3 aromatic carbocycles. The van der Waals surface area contributed by atoms with Gasteiger partial charge in [-0.1, -0.05) is 54.1 Å². The number of hydrogen-bond donors (Lipinski definition) is 1. The number of nitrogens with zero attached hydrogens (tertiary/aromatic N) is 1. The molecule has 1 amide bonds. The van der Waals surface area contributed by atoms with Gasteiger partial charge in [0.1, 0.15) is 6.10 Å². The molecule has 0 fully saturated rings. The lowest BCUT2D eigenvalue weighted by Crippen LogP contribution is -2.21. The maximum absolute atomic E-state index is 12.5. The lowest BCUT2D eigenvalue weighted by Gasteiger charge is -2.21. The minimum Gasteiger partial charge on any atom is -0.441 e. The number of nitrogens with one attached hydrogen (secondary N) is 1. The maximum atomic E-state index is 12.5. The molecular formula is C22H23ClN2O2. The zero-order chi connectivity index (χ0) is 19.2. The van der Waals surface area contributed by atoms with E-state index in [1.54, 1.807) is 0 Å². The third-order valence-electron chi connectivity index (χ3n) is 4.33. The Hall–Kier alpha value is -2.56. The van der Waals surface area contributed by atoms with Gasteiger partial charge in [-0.05, 0) is 54.7 Å². The third kappa shape index (κ3) is 5.46. The van der Waals surface area contributed by atoms with Crippen molar-refractivity contribution in [1.29, 1.82) is 0 Å². The fraction of sp³-hybridized carbons (Fsp3) is 0.227. The largest absolute Gasteiger partial charge is 0.441 e. The quantitative estimate of drug-likeness (QED) is 0.591. The molecule has 0 aromatic heterocycles. The van der Waals surface area contributed by atoms with Gasteiger partial charge in [-0.2, -0.15) is 0 Å². The lowest BCUT2D eigenvalue weighted by atomic mass is 10.1. The van der Waals surface area contributed by atoms with Crippen molar-refractivity contribution in [1.82, 2.24) is 4.90 Å². The number of fused-ring (bicyclic) bond motifs is 1. The van der Waals surface area contributed by atoms with Gasteiger partial charge < -0.3 is 9.64 Å². The van der Waals surface area contributed by atoms with Crippen LogP contribution in [0, 0.1) is 0 Å². The van der Waals surface area contributed by atoms with Crippen LogP contribution in [-0.4, -0.2) is 31.6 Å². The minimum absolute atomic E-state index is 0.342. The summed E-state index contributed by atoms with van der Waals surface area (Å²) in [7, 11) is 3.99. The molecule has 1 atom stereocenters. The Kier molecular flexibility index (Phi) is 6.32. The number of rotatable bonds is 6. The molecule has 1 N–H and O–H groups in total. The number of carbonyl (C=O) groups excluding carboxylic acids is 1. The molecule has 1 unspecified atom stereocenters. The molecule has 3 rings (SSSR count). The summed E-state index contributed by atoms with van der Waals surface area (Å²) in [6.07, 6.45) is -0.117. The van der Waals surface area contributed by atoms with Gasteiger partial charge in [0.2, 0.25) is 0 Å². The van der Waals surface area contributed by atoms with Crippen LogP contribution in [0.4, 0.5) is 10.5 Å². The molecule has 27 heavy (non-hydrogen) atoms. The summed E-state index contributed by atoms with van der Waals surface area (Å²) < 4.78 is 5.72. The Balaban J connectivity index is 1.71. The van der Waals surface area contributed by atoms with Crippen molar-refractivity contribution in [2.45, 2.75) is 12.5 Å². The number of anilines is 1. The van der Waals surface area contributed by atoms with E-state index in [-0.39, 0.29) is 6.10 Å². The molecule has 0 bridgehead atoms. The van der Waals surface area contributed by atoms with Crippen molar-refractivity contribution in [3.63, 3.8) is 0 Å². The highest BCUT2D eigenvalue weighted by Gasteiger charge is 2.17. The minimum atomic E-state index is -0.469. The van der Waals surface area contributed by atoms with Gasteiger partial charge >= 0.3 is 6.09 Å². The van der Waals surface area contributed by atoms with E-state index in [0.717, 1.165) is 22.9 Å². The van der Waals surface area contributed by atoms with Crippen LogP contribution < -0.4 is 5.32 Å². The van der Waals surface area contributed by atoms with Crippen LogP contribution in [-0.2, 0) is 4.74 Å². The number of halogens is 1. The van der Waals surface area contributed by atoms with E-state index in [0.29, 0.717) is 17.1 Å². The standard InChI is InChI=1S/C22H23ClN2O2/c1-25(2)14-13-21(17-7-10-19(23)11-8-17)27-22(26)24-20-12-9-16-5-3-4-6-18(16)15-20/h3-12,15,21H,13-14H2,1-2H3,(H,24,26). The summed E-state index contributed by atoms with van der Waals surface area (Å²) in [6, 6.07) is 21.2.